The lowest BCUT2D eigenvalue weighted by atomic mass is 10.3. The van der Waals surface area contributed by atoms with Crippen LogP contribution in [0, 0.1) is 6.92 Å². The zero-order chi connectivity index (χ0) is 13.9. The average Bonchev–Trinajstić information content (AvgIpc) is 3.06. The minimum atomic E-state index is 0.661. The highest BCUT2D eigenvalue weighted by Gasteiger charge is 2.03. The molecule has 0 atom stereocenters. The summed E-state index contributed by atoms with van der Waals surface area (Å²) in [6.07, 6.45) is 7.20. The fourth-order valence-electron chi connectivity index (χ4n) is 1.92. The zero-order valence-corrected chi connectivity index (χ0v) is 11.4. The highest BCUT2D eigenvalue weighted by Crippen LogP contribution is 2.12. The van der Waals surface area contributed by atoms with Crippen molar-refractivity contribution in [2.75, 3.05) is 5.32 Å². The second-order valence-corrected chi connectivity index (χ2v) is 4.45. The van der Waals surface area contributed by atoms with E-state index in [4.69, 9.17) is 0 Å². The lowest BCUT2D eigenvalue weighted by Gasteiger charge is -2.08. The van der Waals surface area contributed by atoms with Crippen molar-refractivity contribution < 1.29 is 0 Å². The van der Waals surface area contributed by atoms with Gasteiger partial charge in [-0.05, 0) is 19.1 Å². The predicted octanol–water partition coefficient (Wildman–Crippen LogP) is 1.32. The summed E-state index contributed by atoms with van der Waals surface area (Å²) < 4.78 is 3.68. The molecule has 0 unspecified atom stereocenters. The van der Waals surface area contributed by atoms with E-state index in [1.165, 1.54) is 0 Å². The molecule has 0 saturated carbocycles. The van der Waals surface area contributed by atoms with Crippen LogP contribution >= 0.6 is 0 Å². The van der Waals surface area contributed by atoms with Crippen LogP contribution in [0.25, 0.3) is 5.82 Å². The van der Waals surface area contributed by atoms with Gasteiger partial charge in [0, 0.05) is 19.4 Å². The smallest absolute Gasteiger partial charge is 0.138 e. The maximum Gasteiger partial charge on any atom is 0.138 e. The lowest BCUT2D eigenvalue weighted by molar-refractivity contribution is 0.683. The van der Waals surface area contributed by atoms with Crippen molar-refractivity contribution in [3.63, 3.8) is 0 Å². The van der Waals surface area contributed by atoms with Gasteiger partial charge in [0.25, 0.3) is 0 Å². The van der Waals surface area contributed by atoms with E-state index in [9.17, 15) is 0 Å². The molecule has 0 radical (unpaired) electrons. The van der Waals surface area contributed by atoms with Crippen molar-refractivity contribution in [3.8, 4) is 5.82 Å². The monoisotopic (exact) mass is 269 g/mol. The summed E-state index contributed by atoms with van der Waals surface area (Å²) in [5, 5.41) is 11.0. The first-order chi connectivity index (χ1) is 9.74. The number of pyridine rings is 1. The highest BCUT2D eigenvalue weighted by atomic mass is 15.4. The van der Waals surface area contributed by atoms with Crippen LogP contribution < -0.4 is 5.32 Å². The van der Waals surface area contributed by atoms with Gasteiger partial charge in [0.2, 0.25) is 0 Å². The predicted molar refractivity (Wildman–Crippen MR) is 74.4 cm³/mol. The summed E-state index contributed by atoms with van der Waals surface area (Å²) in [6.45, 7) is 2.61. The molecular weight excluding hydrogens is 254 g/mol. The van der Waals surface area contributed by atoms with E-state index in [1.54, 1.807) is 23.3 Å². The van der Waals surface area contributed by atoms with Gasteiger partial charge in [0.05, 0.1) is 30.3 Å². The fourth-order valence-corrected chi connectivity index (χ4v) is 1.92. The first-order valence-corrected chi connectivity index (χ1v) is 6.28. The molecule has 0 aromatic carbocycles. The standard InChI is InChI=1S/C13H15N7/c1-10-14-5-6-20(10)13-4-3-11(7-16-13)15-8-12-9-17-18-19(12)2/h3-7,9,15H,8H2,1-2H3. The van der Waals surface area contributed by atoms with Crippen LogP contribution in [0.3, 0.4) is 0 Å². The van der Waals surface area contributed by atoms with E-state index in [-0.39, 0.29) is 0 Å². The van der Waals surface area contributed by atoms with Crippen LogP contribution in [-0.4, -0.2) is 29.5 Å². The number of nitrogens with zero attached hydrogens (tertiary/aromatic N) is 6. The Hall–Kier alpha value is -2.70. The summed E-state index contributed by atoms with van der Waals surface area (Å²) in [6, 6.07) is 3.95. The van der Waals surface area contributed by atoms with Gasteiger partial charge in [0.15, 0.2) is 0 Å². The van der Waals surface area contributed by atoms with Crippen molar-refractivity contribution >= 4 is 5.69 Å². The zero-order valence-electron chi connectivity index (χ0n) is 11.4. The summed E-state index contributed by atoms with van der Waals surface area (Å²) in [5.41, 5.74) is 1.97. The molecule has 3 rings (SSSR count). The van der Waals surface area contributed by atoms with Crippen molar-refractivity contribution in [1.82, 2.24) is 29.5 Å². The average molecular weight is 269 g/mol. The Balaban J connectivity index is 1.71. The molecule has 3 heterocycles. The van der Waals surface area contributed by atoms with Gasteiger partial charge < -0.3 is 5.32 Å². The summed E-state index contributed by atoms with van der Waals surface area (Å²) in [4.78, 5) is 8.61. The van der Waals surface area contributed by atoms with Crippen molar-refractivity contribution in [1.29, 1.82) is 0 Å². The van der Waals surface area contributed by atoms with E-state index in [0.29, 0.717) is 6.54 Å². The lowest BCUT2D eigenvalue weighted by Crippen LogP contribution is -2.06. The Labute approximate surface area is 116 Å². The minimum Gasteiger partial charge on any atom is -0.378 e. The van der Waals surface area contributed by atoms with Gasteiger partial charge >= 0.3 is 0 Å². The van der Waals surface area contributed by atoms with Crippen LogP contribution in [0.5, 0.6) is 0 Å². The Morgan fingerprint density at radius 2 is 2.10 bits per heavy atom. The van der Waals surface area contributed by atoms with E-state index in [2.05, 4.69) is 25.6 Å². The summed E-state index contributed by atoms with van der Waals surface area (Å²) in [5.74, 6) is 1.77. The number of hydrogen-bond acceptors (Lipinski definition) is 5. The molecule has 0 amide bonds. The largest absolute Gasteiger partial charge is 0.378 e. The summed E-state index contributed by atoms with van der Waals surface area (Å²) >= 11 is 0. The normalized spacial score (nSPS) is 10.7. The van der Waals surface area contributed by atoms with E-state index in [1.807, 2.05) is 36.9 Å². The molecule has 0 aliphatic heterocycles. The molecule has 0 fully saturated rings. The molecule has 0 aliphatic carbocycles. The first-order valence-electron chi connectivity index (χ1n) is 6.28. The second kappa shape index (κ2) is 5.12. The molecule has 0 aliphatic rings. The third-order valence-corrected chi connectivity index (χ3v) is 3.10. The van der Waals surface area contributed by atoms with Crippen molar-refractivity contribution in [2.45, 2.75) is 13.5 Å². The fraction of sp³-hybridized carbons (Fsp3) is 0.231. The van der Waals surface area contributed by atoms with Gasteiger partial charge in [-0.2, -0.15) is 0 Å². The number of hydrogen-bond donors (Lipinski definition) is 1. The molecule has 7 heteroatoms. The molecule has 0 bridgehead atoms. The van der Waals surface area contributed by atoms with E-state index >= 15 is 0 Å². The number of anilines is 1. The van der Waals surface area contributed by atoms with Gasteiger partial charge in [-0.25, -0.2) is 9.97 Å². The quantitative estimate of drug-likeness (QED) is 0.773. The molecular formula is C13H15N7. The van der Waals surface area contributed by atoms with Crippen LogP contribution in [0.2, 0.25) is 0 Å². The Kier molecular flexibility index (Phi) is 3.16. The summed E-state index contributed by atoms with van der Waals surface area (Å²) in [7, 11) is 1.87. The minimum absolute atomic E-state index is 0.661. The number of aryl methyl sites for hydroxylation is 2. The third kappa shape index (κ3) is 2.37. The second-order valence-electron chi connectivity index (χ2n) is 4.45. The SMILES string of the molecule is Cc1nccn1-c1ccc(NCc2cnnn2C)cn1. The van der Waals surface area contributed by atoms with Crippen LogP contribution in [0.1, 0.15) is 11.5 Å². The topological polar surface area (TPSA) is 73.5 Å². The Morgan fingerprint density at radius 1 is 1.20 bits per heavy atom. The molecule has 20 heavy (non-hydrogen) atoms. The van der Waals surface area contributed by atoms with Crippen LogP contribution in [0.4, 0.5) is 5.69 Å². The van der Waals surface area contributed by atoms with Crippen LogP contribution in [-0.2, 0) is 13.6 Å². The van der Waals surface area contributed by atoms with E-state index in [0.717, 1.165) is 23.0 Å². The molecule has 7 nitrogen and oxygen atoms in total. The molecule has 1 N–H and O–H groups in total. The number of imidazole rings is 1. The highest BCUT2D eigenvalue weighted by molar-refractivity contribution is 5.44. The molecule has 3 aromatic heterocycles. The van der Waals surface area contributed by atoms with Crippen molar-refractivity contribution in [3.05, 3.63) is 48.4 Å². The molecule has 0 saturated heterocycles. The third-order valence-electron chi connectivity index (χ3n) is 3.10. The Bertz CT molecular complexity index is 696. The number of nitrogens with one attached hydrogen (secondary N) is 1. The van der Waals surface area contributed by atoms with Gasteiger partial charge in [-0.1, -0.05) is 5.21 Å². The molecule has 102 valence electrons. The number of aromatic nitrogens is 6. The van der Waals surface area contributed by atoms with Gasteiger partial charge in [-0.15, -0.1) is 5.10 Å². The van der Waals surface area contributed by atoms with Gasteiger partial charge in [0.1, 0.15) is 11.6 Å². The first kappa shape index (κ1) is 12.3. The Morgan fingerprint density at radius 3 is 2.70 bits per heavy atom. The van der Waals surface area contributed by atoms with Crippen molar-refractivity contribution in [2.24, 2.45) is 7.05 Å². The maximum absolute atomic E-state index is 4.43. The molecule has 0 spiro atoms. The number of rotatable bonds is 4. The van der Waals surface area contributed by atoms with Gasteiger partial charge in [-0.3, -0.25) is 9.25 Å². The van der Waals surface area contributed by atoms with Crippen LogP contribution in [0.15, 0.2) is 36.9 Å². The molecule has 3 aromatic rings. The van der Waals surface area contributed by atoms with E-state index < -0.39 is 0 Å². The maximum atomic E-state index is 4.43.